The first-order chi connectivity index (χ1) is 3.80. The standard InChI is InChI=1S/C6H5BrN/c1-5-3-2-4-8-6(5)7/h3-4H,1H3. The van der Waals surface area contributed by atoms with Crippen molar-refractivity contribution >= 4 is 15.9 Å². The number of rotatable bonds is 0. The third-order valence-electron chi connectivity index (χ3n) is 0.878. The Morgan fingerprint density at radius 3 is 2.88 bits per heavy atom. The van der Waals surface area contributed by atoms with Crippen LogP contribution in [0.3, 0.4) is 0 Å². The molecule has 0 bridgehead atoms. The number of pyridine rings is 1. The summed E-state index contributed by atoms with van der Waals surface area (Å²) in [6.45, 7) is 1.98. The molecule has 1 heterocycles. The number of aromatic nitrogens is 1. The van der Waals surface area contributed by atoms with Gasteiger partial charge in [0.1, 0.15) is 4.60 Å². The molecule has 0 aliphatic carbocycles. The van der Waals surface area contributed by atoms with Crippen LogP contribution in [-0.2, 0) is 0 Å². The van der Waals surface area contributed by atoms with Gasteiger partial charge in [-0.05, 0) is 34.5 Å². The van der Waals surface area contributed by atoms with E-state index in [-0.39, 0.29) is 0 Å². The summed E-state index contributed by atoms with van der Waals surface area (Å²) < 4.78 is 0.899. The molecule has 0 aromatic carbocycles. The molecule has 0 N–H and O–H groups in total. The molecule has 0 fully saturated rings. The van der Waals surface area contributed by atoms with Crippen LogP contribution in [0.5, 0.6) is 0 Å². The molecular weight excluding hydrogens is 166 g/mol. The molecule has 1 rings (SSSR count). The third-order valence-corrected chi connectivity index (χ3v) is 1.71. The van der Waals surface area contributed by atoms with Crippen molar-refractivity contribution < 1.29 is 0 Å². The SMILES string of the molecule is Cc1c[c]cnc1Br. The maximum absolute atomic E-state index is 3.94. The number of hydrogen-bond donors (Lipinski definition) is 0. The molecule has 0 aliphatic heterocycles. The first-order valence-electron chi connectivity index (χ1n) is 2.29. The Kier molecular flexibility index (Phi) is 1.63. The topological polar surface area (TPSA) is 12.9 Å². The van der Waals surface area contributed by atoms with E-state index >= 15 is 0 Å². The largest absolute Gasteiger partial charge is 0.248 e. The summed E-state index contributed by atoms with van der Waals surface area (Å²) in [5, 5.41) is 0. The van der Waals surface area contributed by atoms with Gasteiger partial charge in [0.25, 0.3) is 0 Å². The van der Waals surface area contributed by atoms with E-state index in [0.717, 1.165) is 10.2 Å². The summed E-state index contributed by atoms with van der Waals surface area (Å²) in [4.78, 5) is 3.94. The predicted molar refractivity (Wildman–Crippen MR) is 35.5 cm³/mol. The van der Waals surface area contributed by atoms with Gasteiger partial charge in [-0.1, -0.05) is 0 Å². The normalized spacial score (nSPS) is 9.25. The third kappa shape index (κ3) is 1.07. The fraction of sp³-hybridized carbons (Fsp3) is 0.167. The van der Waals surface area contributed by atoms with Crippen LogP contribution in [0.15, 0.2) is 16.9 Å². The lowest BCUT2D eigenvalue weighted by Gasteiger charge is -1.89. The Balaban J connectivity index is 3.13. The predicted octanol–water partition coefficient (Wildman–Crippen LogP) is 1.95. The van der Waals surface area contributed by atoms with Gasteiger partial charge in [-0.2, -0.15) is 0 Å². The van der Waals surface area contributed by atoms with Gasteiger partial charge in [0.2, 0.25) is 0 Å². The summed E-state index contributed by atoms with van der Waals surface area (Å²) in [7, 11) is 0. The number of aryl methyl sites for hydroxylation is 1. The Bertz CT molecular complexity index is 165. The first kappa shape index (κ1) is 5.76. The zero-order chi connectivity index (χ0) is 5.98. The van der Waals surface area contributed by atoms with Gasteiger partial charge in [0.05, 0.1) is 0 Å². The summed E-state index contributed by atoms with van der Waals surface area (Å²) in [6.07, 6.45) is 1.64. The minimum absolute atomic E-state index is 0.899. The van der Waals surface area contributed by atoms with Crippen molar-refractivity contribution in [1.82, 2.24) is 4.98 Å². The molecule has 0 spiro atoms. The van der Waals surface area contributed by atoms with Crippen molar-refractivity contribution in [3.63, 3.8) is 0 Å². The molecule has 0 saturated heterocycles. The van der Waals surface area contributed by atoms with Gasteiger partial charge in [0, 0.05) is 12.3 Å². The highest BCUT2D eigenvalue weighted by atomic mass is 79.9. The lowest BCUT2D eigenvalue weighted by molar-refractivity contribution is 1.21. The van der Waals surface area contributed by atoms with Crippen molar-refractivity contribution in [2.75, 3.05) is 0 Å². The molecule has 1 nitrogen and oxygen atoms in total. The average Bonchev–Trinajstić information content (AvgIpc) is 1.77. The van der Waals surface area contributed by atoms with Crippen LogP contribution in [-0.4, -0.2) is 4.98 Å². The van der Waals surface area contributed by atoms with E-state index in [0.29, 0.717) is 0 Å². The van der Waals surface area contributed by atoms with Gasteiger partial charge in [0.15, 0.2) is 0 Å². The fourth-order valence-electron chi connectivity index (χ4n) is 0.418. The molecule has 0 unspecified atom stereocenters. The zero-order valence-electron chi connectivity index (χ0n) is 4.48. The van der Waals surface area contributed by atoms with Crippen LogP contribution in [0.1, 0.15) is 5.56 Å². The molecule has 0 saturated carbocycles. The molecular formula is C6H5BrN. The van der Waals surface area contributed by atoms with Crippen molar-refractivity contribution in [2.45, 2.75) is 6.92 Å². The van der Waals surface area contributed by atoms with E-state index in [9.17, 15) is 0 Å². The second-order valence-electron chi connectivity index (χ2n) is 1.54. The Hall–Kier alpha value is -0.370. The monoisotopic (exact) mass is 170 g/mol. The van der Waals surface area contributed by atoms with Crippen molar-refractivity contribution in [2.24, 2.45) is 0 Å². The maximum atomic E-state index is 3.94. The highest BCUT2D eigenvalue weighted by molar-refractivity contribution is 9.10. The molecule has 0 atom stereocenters. The van der Waals surface area contributed by atoms with Gasteiger partial charge < -0.3 is 0 Å². The van der Waals surface area contributed by atoms with Crippen LogP contribution < -0.4 is 0 Å². The smallest absolute Gasteiger partial charge is 0.109 e. The minimum atomic E-state index is 0.899. The van der Waals surface area contributed by atoms with E-state index in [4.69, 9.17) is 0 Å². The first-order valence-corrected chi connectivity index (χ1v) is 3.08. The maximum Gasteiger partial charge on any atom is 0.109 e. The fourth-order valence-corrected chi connectivity index (χ4v) is 0.634. The van der Waals surface area contributed by atoms with Crippen LogP contribution in [0.4, 0.5) is 0 Å². The lowest BCUT2D eigenvalue weighted by atomic mass is 10.3. The van der Waals surface area contributed by atoms with Gasteiger partial charge >= 0.3 is 0 Å². The van der Waals surface area contributed by atoms with Crippen LogP contribution in [0.25, 0.3) is 0 Å². The Morgan fingerprint density at radius 2 is 2.50 bits per heavy atom. The van der Waals surface area contributed by atoms with E-state index in [2.05, 4.69) is 27.0 Å². The second kappa shape index (κ2) is 2.27. The van der Waals surface area contributed by atoms with Gasteiger partial charge in [-0.25, -0.2) is 4.98 Å². The van der Waals surface area contributed by atoms with Gasteiger partial charge in [-0.3, -0.25) is 0 Å². The number of hydrogen-bond acceptors (Lipinski definition) is 1. The molecule has 8 heavy (non-hydrogen) atoms. The molecule has 1 aromatic heterocycles. The number of nitrogens with zero attached hydrogens (tertiary/aromatic N) is 1. The zero-order valence-corrected chi connectivity index (χ0v) is 6.07. The molecule has 41 valence electrons. The van der Waals surface area contributed by atoms with Crippen LogP contribution >= 0.6 is 15.9 Å². The Morgan fingerprint density at radius 1 is 1.75 bits per heavy atom. The van der Waals surface area contributed by atoms with E-state index in [1.54, 1.807) is 6.20 Å². The average molecular weight is 171 g/mol. The quantitative estimate of drug-likeness (QED) is 0.543. The van der Waals surface area contributed by atoms with E-state index < -0.39 is 0 Å². The lowest BCUT2D eigenvalue weighted by Crippen LogP contribution is -1.76. The van der Waals surface area contributed by atoms with Crippen LogP contribution in [0, 0.1) is 13.0 Å². The molecule has 1 aromatic rings. The Labute approximate surface area is 56.9 Å². The highest BCUT2D eigenvalue weighted by Gasteiger charge is 1.88. The summed E-state index contributed by atoms with van der Waals surface area (Å²) in [5.74, 6) is 0. The van der Waals surface area contributed by atoms with E-state index in [1.807, 2.05) is 13.0 Å². The minimum Gasteiger partial charge on any atom is -0.248 e. The molecule has 0 amide bonds. The van der Waals surface area contributed by atoms with E-state index in [1.165, 1.54) is 0 Å². The van der Waals surface area contributed by atoms with Crippen molar-refractivity contribution in [3.05, 3.63) is 28.5 Å². The summed E-state index contributed by atoms with van der Waals surface area (Å²) in [5.41, 5.74) is 1.12. The molecule has 1 radical (unpaired) electrons. The van der Waals surface area contributed by atoms with Gasteiger partial charge in [-0.15, -0.1) is 0 Å². The molecule has 0 aliphatic rings. The van der Waals surface area contributed by atoms with Crippen molar-refractivity contribution in [1.29, 1.82) is 0 Å². The second-order valence-corrected chi connectivity index (χ2v) is 2.29. The number of halogens is 1. The summed E-state index contributed by atoms with van der Waals surface area (Å²) >= 11 is 3.26. The molecule has 2 heteroatoms. The highest BCUT2D eigenvalue weighted by Crippen LogP contribution is 2.08. The summed E-state index contributed by atoms with van der Waals surface area (Å²) in [6, 6.07) is 4.75. The van der Waals surface area contributed by atoms with Crippen LogP contribution in [0.2, 0.25) is 0 Å². The van der Waals surface area contributed by atoms with Crippen molar-refractivity contribution in [3.8, 4) is 0 Å².